The zero-order valence-electron chi connectivity index (χ0n) is 16.4. The molecule has 1 aliphatic rings. The van der Waals surface area contributed by atoms with E-state index in [-0.39, 0.29) is 10.8 Å². The molecule has 0 aliphatic carbocycles. The quantitative estimate of drug-likeness (QED) is 0.788. The molecule has 0 spiro atoms. The summed E-state index contributed by atoms with van der Waals surface area (Å²) in [6.07, 6.45) is 0. The van der Waals surface area contributed by atoms with Crippen LogP contribution in [0.3, 0.4) is 0 Å². The van der Waals surface area contributed by atoms with Crippen molar-refractivity contribution in [3.8, 4) is 5.75 Å². The number of benzene rings is 2. The number of likely N-dealkylation sites (N-methyl/N-ethyl adjacent to an activating group) is 1. The van der Waals surface area contributed by atoms with Crippen LogP contribution in [-0.2, 0) is 10.0 Å². The molecule has 1 N–H and O–H groups in total. The number of rotatable bonds is 5. The minimum atomic E-state index is -3.77. The highest BCUT2D eigenvalue weighted by molar-refractivity contribution is 7.92. The molecular formula is C20H26N3O4S+. The van der Waals surface area contributed by atoms with Gasteiger partial charge in [0.25, 0.3) is 15.9 Å². The van der Waals surface area contributed by atoms with Crippen molar-refractivity contribution in [3.63, 3.8) is 0 Å². The molecule has 2 aromatic rings. The molecule has 2 aromatic carbocycles. The number of nitrogens with zero attached hydrogens (tertiary/aromatic N) is 2. The number of methoxy groups -OCH3 is 1. The van der Waals surface area contributed by atoms with Crippen LogP contribution in [0.1, 0.15) is 10.4 Å². The highest BCUT2D eigenvalue weighted by Crippen LogP contribution is 2.30. The lowest BCUT2D eigenvalue weighted by atomic mass is 10.2. The second-order valence-electron chi connectivity index (χ2n) is 6.92. The Kier molecular flexibility index (Phi) is 5.90. The van der Waals surface area contributed by atoms with Crippen molar-refractivity contribution >= 4 is 21.6 Å². The van der Waals surface area contributed by atoms with E-state index in [4.69, 9.17) is 4.74 Å². The number of ether oxygens (including phenoxy) is 1. The molecular weight excluding hydrogens is 378 g/mol. The molecule has 0 saturated carbocycles. The number of piperazine rings is 1. The smallest absolute Gasteiger partial charge is 0.264 e. The number of anilines is 1. The van der Waals surface area contributed by atoms with Gasteiger partial charge < -0.3 is 14.5 Å². The summed E-state index contributed by atoms with van der Waals surface area (Å²) in [5, 5.41) is 0. The molecule has 0 aromatic heterocycles. The summed E-state index contributed by atoms with van der Waals surface area (Å²) in [7, 11) is 1.32. The molecule has 7 nitrogen and oxygen atoms in total. The standard InChI is InChI=1S/C20H25N3O4S/c1-21-12-14-23(15-13-21)20(24)16-8-10-17(11-9-16)28(25,26)22(2)18-6-4-5-7-19(18)27-3/h4-11H,12-15H2,1-3H3/p+1. The summed E-state index contributed by atoms with van der Waals surface area (Å²) < 4.78 is 32.4. The van der Waals surface area contributed by atoms with Crippen LogP contribution in [0.4, 0.5) is 5.69 Å². The molecule has 8 heteroatoms. The molecule has 1 amide bonds. The van der Waals surface area contributed by atoms with Crippen LogP contribution in [0.2, 0.25) is 0 Å². The van der Waals surface area contributed by atoms with Crippen LogP contribution in [-0.4, -0.2) is 66.6 Å². The van der Waals surface area contributed by atoms with E-state index in [9.17, 15) is 13.2 Å². The lowest BCUT2D eigenvalue weighted by Crippen LogP contribution is -3.12. The minimum Gasteiger partial charge on any atom is -0.495 e. The molecule has 28 heavy (non-hydrogen) atoms. The molecule has 3 rings (SSSR count). The van der Waals surface area contributed by atoms with Crippen LogP contribution in [0.15, 0.2) is 53.4 Å². The van der Waals surface area contributed by atoms with Crippen LogP contribution in [0, 0.1) is 0 Å². The van der Waals surface area contributed by atoms with Gasteiger partial charge in [-0.3, -0.25) is 9.10 Å². The van der Waals surface area contributed by atoms with Gasteiger partial charge >= 0.3 is 0 Å². The summed E-state index contributed by atoms with van der Waals surface area (Å²) in [4.78, 5) is 16.0. The fourth-order valence-corrected chi connectivity index (χ4v) is 4.43. The number of amides is 1. The van der Waals surface area contributed by atoms with Crippen LogP contribution < -0.4 is 13.9 Å². The first-order valence-corrected chi connectivity index (χ1v) is 10.6. The molecule has 1 heterocycles. The topological polar surface area (TPSA) is 71.4 Å². The van der Waals surface area contributed by atoms with Crippen molar-refractivity contribution in [2.75, 3.05) is 51.7 Å². The Bertz CT molecular complexity index is 936. The predicted octanol–water partition coefficient (Wildman–Crippen LogP) is 0.491. The van der Waals surface area contributed by atoms with Crippen molar-refractivity contribution in [2.24, 2.45) is 0 Å². The number of carbonyl (C=O) groups excluding carboxylic acids is 1. The van der Waals surface area contributed by atoms with Gasteiger partial charge in [0.15, 0.2) is 0 Å². The third-order valence-corrected chi connectivity index (χ3v) is 6.87. The Morgan fingerprint density at radius 3 is 2.29 bits per heavy atom. The van der Waals surface area contributed by atoms with Gasteiger partial charge in [-0.15, -0.1) is 0 Å². The van der Waals surface area contributed by atoms with Crippen LogP contribution in [0.25, 0.3) is 0 Å². The highest BCUT2D eigenvalue weighted by Gasteiger charge is 2.25. The fraction of sp³-hybridized carbons (Fsp3) is 0.350. The molecule has 1 aliphatic heterocycles. The minimum absolute atomic E-state index is 0.0606. The Balaban J connectivity index is 1.81. The molecule has 0 unspecified atom stereocenters. The molecule has 0 bridgehead atoms. The zero-order chi connectivity index (χ0) is 20.3. The summed E-state index contributed by atoms with van der Waals surface area (Å²) in [6.45, 7) is 3.26. The van der Waals surface area contributed by atoms with Gasteiger partial charge in [0.1, 0.15) is 5.75 Å². The van der Waals surface area contributed by atoms with Crippen molar-refractivity contribution in [1.29, 1.82) is 0 Å². The molecule has 150 valence electrons. The van der Waals surface area contributed by atoms with E-state index in [0.29, 0.717) is 30.1 Å². The normalized spacial score (nSPS) is 15.3. The Hall–Kier alpha value is -2.58. The predicted molar refractivity (Wildman–Crippen MR) is 108 cm³/mol. The maximum atomic E-state index is 13.0. The van der Waals surface area contributed by atoms with Crippen molar-refractivity contribution in [2.45, 2.75) is 4.90 Å². The lowest BCUT2D eigenvalue weighted by Gasteiger charge is -2.30. The molecule has 0 radical (unpaired) electrons. The Morgan fingerprint density at radius 1 is 1.07 bits per heavy atom. The van der Waals surface area contributed by atoms with E-state index in [1.165, 1.54) is 35.5 Å². The SMILES string of the molecule is COc1ccccc1N(C)S(=O)(=O)c1ccc(C(=O)N2CC[NH+](C)CC2)cc1. The molecule has 1 fully saturated rings. The Labute approximate surface area is 166 Å². The fourth-order valence-electron chi connectivity index (χ4n) is 3.22. The van der Waals surface area contributed by atoms with Crippen LogP contribution >= 0.6 is 0 Å². The third-order valence-electron chi connectivity index (χ3n) is 5.09. The monoisotopic (exact) mass is 404 g/mol. The maximum absolute atomic E-state index is 13.0. The van der Waals surface area contributed by atoms with Gasteiger partial charge in [-0.2, -0.15) is 0 Å². The van der Waals surface area contributed by atoms with E-state index in [2.05, 4.69) is 7.05 Å². The van der Waals surface area contributed by atoms with Crippen LogP contribution in [0.5, 0.6) is 5.75 Å². The van der Waals surface area contributed by atoms with Gasteiger partial charge in [0, 0.05) is 12.6 Å². The van der Waals surface area contributed by atoms with E-state index >= 15 is 0 Å². The highest BCUT2D eigenvalue weighted by atomic mass is 32.2. The van der Waals surface area contributed by atoms with E-state index < -0.39 is 10.0 Å². The summed E-state index contributed by atoms with van der Waals surface area (Å²) in [5.41, 5.74) is 0.948. The first-order chi connectivity index (χ1) is 13.3. The largest absolute Gasteiger partial charge is 0.495 e. The number of nitrogens with one attached hydrogen (secondary N) is 1. The summed E-state index contributed by atoms with van der Waals surface area (Å²) in [5.74, 6) is 0.409. The first kappa shape index (κ1) is 20.2. The number of hydrogen-bond acceptors (Lipinski definition) is 4. The number of hydrogen-bond donors (Lipinski definition) is 1. The first-order valence-electron chi connectivity index (χ1n) is 9.17. The number of carbonyl (C=O) groups is 1. The zero-order valence-corrected chi connectivity index (χ0v) is 17.2. The average molecular weight is 405 g/mol. The third kappa shape index (κ3) is 3.98. The van der Waals surface area contributed by atoms with Gasteiger partial charge in [-0.05, 0) is 36.4 Å². The van der Waals surface area contributed by atoms with Crippen molar-refractivity contribution in [3.05, 3.63) is 54.1 Å². The maximum Gasteiger partial charge on any atom is 0.264 e. The Morgan fingerprint density at radius 2 is 1.68 bits per heavy atom. The molecule has 0 atom stereocenters. The van der Waals surface area contributed by atoms with Gasteiger partial charge in [0.05, 0.1) is 50.9 Å². The second kappa shape index (κ2) is 8.20. The molecule has 1 saturated heterocycles. The van der Waals surface area contributed by atoms with E-state index in [1.54, 1.807) is 36.4 Å². The average Bonchev–Trinajstić information content (AvgIpc) is 2.73. The summed E-state index contributed by atoms with van der Waals surface area (Å²) in [6, 6.07) is 13.1. The van der Waals surface area contributed by atoms with Crippen molar-refractivity contribution < 1.29 is 22.8 Å². The second-order valence-corrected chi connectivity index (χ2v) is 8.89. The van der Waals surface area contributed by atoms with Gasteiger partial charge in [-0.1, -0.05) is 12.1 Å². The lowest BCUT2D eigenvalue weighted by molar-refractivity contribution is -0.883. The number of sulfonamides is 1. The van der Waals surface area contributed by atoms with Gasteiger partial charge in [0.2, 0.25) is 0 Å². The number of quaternary nitrogens is 1. The van der Waals surface area contributed by atoms with Gasteiger partial charge in [-0.25, -0.2) is 8.42 Å². The van der Waals surface area contributed by atoms with E-state index in [0.717, 1.165) is 13.1 Å². The summed E-state index contributed by atoms with van der Waals surface area (Å²) >= 11 is 0. The van der Waals surface area contributed by atoms with Crippen molar-refractivity contribution in [1.82, 2.24) is 4.90 Å². The van der Waals surface area contributed by atoms with E-state index in [1.807, 2.05) is 4.90 Å². The number of para-hydroxylation sites is 2.